The number of rotatable bonds is 8. The molecule has 10 heteroatoms. The molecule has 1 aliphatic heterocycles. The SMILES string of the molecule is CSc1ccc(C(=O)Nc2cccc(C(=O)c3ccc4c(C=Nc5ccc(N6CCN(C)CC6)cc5)c(O)[nH]c4c3)c2)s1. The molecular formula is C33H31N5O3S2. The van der Waals surface area contributed by atoms with Crippen LogP contribution in [-0.2, 0) is 0 Å². The Labute approximate surface area is 258 Å². The molecule has 0 radical (unpaired) electrons. The van der Waals surface area contributed by atoms with E-state index in [1.54, 1.807) is 60.4 Å². The van der Waals surface area contributed by atoms with Crippen LogP contribution in [0.2, 0.25) is 0 Å². The zero-order valence-corrected chi connectivity index (χ0v) is 25.5. The van der Waals surface area contributed by atoms with Gasteiger partial charge in [0.25, 0.3) is 5.91 Å². The van der Waals surface area contributed by atoms with Gasteiger partial charge in [0.2, 0.25) is 0 Å². The van der Waals surface area contributed by atoms with Gasteiger partial charge in [-0.25, -0.2) is 0 Å². The number of thioether (sulfide) groups is 1. The van der Waals surface area contributed by atoms with E-state index in [2.05, 4.69) is 44.3 Å². The van der Waals surface area contributed by atoms with E-state index in [0.29, 0.717) is 32.8 Å². The Hall–Kier alpha value is -4.38. The molecule has 1 amide bonds. The maximum absolute atomic E-state index is 13.4. The summed E-state index contributed by atoms with van der Waals surface area (Å²) < 4.78 is 1.06. The standard InChI is InChI=1S/C33H31N5O3S2/c1-37-14-16-38(17-15-37)25-9-7-23(8-10-25)34-20-27-26-11-6-22(19-28(26)36-32(27)40)31(39)21-4-3-5-24(18-21)35-33(41)29-12-13-30(42-2)43-29/h3-13,18-20,36,40H,14-17H2,1-2H3,(H,35,41). The molecule has 0 aliphatic carbocycles. The summed E-state index contributed by atoms with van der Waals surface area (Å²) in [6.07, 6.45) is 3.61. The number of fused-ring (bicyclic) bond motifs is 1. The lowest BCUT2D eigenvalue weighted by Gasteiger charge is -2.34. The van der Waals surface area contributed by atoms with E-state index in [4.69, 9.17) is 0 Å². The second-order valence-corrected chi connectivity index (χ2v) is 12.6. The van der Waals surface area contributed by atoms with Crippen molar-refractivity contribution in [3.8, 4) is 5.88 Å². The number of aliphatic imine (C=N–C) groups is 1. The molecule has 1 aliphatic rings. The molecule has 0 unspecified atom stereocenters. The molecule has 3 N–H and O–H groups in total. The Kier molecular flexibility index (Phi) is 8.33. The second kappa shape index (κ2) is 12.5. The van der Waals surface area contributed by atoms with Crippen molar-refractivity contribution in [3.63, 3.8) is 0 Å². The number of likely N-dealkylation sites (N-methyl/N-ethyl adjacent to an activating group) is 1. The molecule has 0 bridgehead atoms. The Balaban J connectivity index is 1.16. The topological polar surface area (TPSA) is 101 Å². The number of nitrogens with one attached hydrogen (secondary N) is 2. The van der Waals surface area contributed by atoms with Gasteiger partial charge in [0, 0.05) is 65.8 Å². The van der Waals surface area contributed by atoms with E-state index in [9.17, 15) is 14.7 Å². The Morgan fingerprint density at radius 1 is 0.977 bits per heavy atom. The molecule has 3 aromatic carbocycles. The average molecular weight is 610 g/mol. The van der Waals surface area contributed by atoms with Crippen molar-refractivity contribution in [1.82, 2.24) is 9.88 Å². The zero-order chi connectivity index (χ0) is 29.9. The number of benzene rings is 3. The summed E-state index contributed by atoms with van der Waals surface area (Å²) in [5.74, 6) is -0.415. The third-order valence-corrected chi connectivity index (χ3v) is 9.70. The number of carbonyl (C=O) groups is 2. The number of hydrogen-bond donors (Lipinski definition) is 3. The summed E-state index contributed by atoms with van der Waals surface area (Å²) in [7, 11) is 2.14. The summed E-state index contributed by atoms with van der Waals surface area (Å²) in [5.41, 5.74) is 4.60. The number of ketones is 1. The molecule has 3 heterocycles. The van der Waals surface area contributed by atoms with Crippen LogP contribution < -0.4 is 10.2 Å². The number of H-pyrrole nitrogens is 1. The van der Waals surface area contributed by atoms with Gasteiger partial charge in [-0.05, 0) is 67.9 Å². The third-order valence-electron chi connectivity index (χ3n) is 7.53. The smallest absolute Gasteiger partial charge is 0.265 e. The number of piperazine rings is 1. The molecule has 0 atom stereocenters. The van der Waals surface area contributed by atoms with Crippen LogP contribution in [-0.4, -0.2) is 72.4 Å². The molecule has 0 saturated carbocycles. The van der Waals surface area contributed by atoms with Crippen LogP contribution in [0.15, 0.2) is 88.1 Å². The number of aromatic hydroxyl groups is 1. The van der Waals surface area contributed by atoms with Crippen LogP contribution in [0.25, 0.3) is 10.9 Å². The van der Waals surface area contributed by atoms with Gasteiger partial charge in [0.05, 0.1) is 20.3 Å². The Morgan fingerprint density at radius 2 is 1.74 bits per heavy atom. The summed E-state index contributed by atoms with van der Waals surface area (Å²) in [5, 5.41) is 14.3. The van der Waals surface area contributed by atoms with Gasteiger partial charge in [-0.1, -0.05) is 24.3 Å². The van der Waals surface area contributed by atoms with E-state index < -0.39 is 0 Å². The van der Waals surface area contributed by atoms with Crippen molar-refractivity contribution in [3.05, 3.63) is 100 Å². The predicted octanol–water partition coefficient (Wildman–Crippen LogP) is 6.64. The number of hydrogen-bond acceptors (Lipinski definition) is 8. The Morgan fingerprint density at radius 3 is 2.49 bits per heavy atom. The van der Waals surface area contributed by atoms with Crippen LogP contribution in [0.3, 0.4) is 0 Å². The van der Waals surface area contributed by atoms with Gasteiger partial charge >= 0.3 is 0 Å². The molecule has 6 rings (SSSR count). The first-order valence-corrected chi connectivity index (χ1v) is 15.9. The summed E-state index contributed by atoms with van der Waals surface area (Å²) in [6.45, 7) is 4.10. The molecular weight excluding hydrogens is 579 g/mol. The van der Waals surface area contributed by atoms with Gasteiger partial charge in [-0.2, -0.15) is 0 Å². The maximum atomic E-state index is 13.4. The monoisotopic (exact) mass is 609 g/mol. The molecule has 218 valence electrons. The van der Waals surface area contributed by atoms with E-state index in [0.717, 1.165) is 41.5 Å². The molecule has 8 nitrogen and oxygen atoms in total. The number of carbonyl (C=O) groups excluding carboxylic acids is 2. The summed E-state index contributed by atoms with van der Waals surface area (Å²) in [6, 6.07) is 24.0. The molecule has 1 saturated heterocycles. The van der Waals surface area contributed by atoms with Crippen molar-refractivity contribution in [1.29, 1.82) is 0 Å². The minimum absolute atomic E-state index is 0.0136. The second-order valence-electron chi connectivity index (χ2n) is 10.4. The molecule has 1 fully saturated rings. The highest BCUT2D eigenvalue weighted by atomic mass is 32.2. The largest absolute Gasteiger partial charge is 0.494 e. The number of aromatic nitrogens is 1. The van der Waals surface area contributed by atoms with Crippen molar-refractivity contribution in [2.45, 2.75) is 4.21 Å². The number of thiophene rings is 1. The van der Waals surface area contributed by atoms with Crippen LogP contribution >= 0.6 is 23.1 Å². The van der Waals surface area contributed by atoms with Crippen molar-refractivity contribution >= 4 is 69.0 Å². The van der Waals surface area contributed by atoms with Gasteiger partial charge in [0.15, 0.2) is 11.7 Å². The first kappa shape index (κ1) is 28.7. The van der Waals surface area contributed by atoms with Gasteiger partial charge in [-0.15, -0.1) is 23.1 Å². The highest BCUT2D eigenvalue weighted by Gasteiger charge is 2.17. The van der Waals surface area contributed by atoms with E-state index in [1.807, 2.05) is 30.5 Å². The average Bonchev–Trinajstić information content (AvgIpc) is 3.64. The lowest BCUT2D eigenvalue weighted by Crippen LogP contribution is -2.44. The summed E-state index contributed by atoms with van der Waals surface area (Å²) in [4.78, 5) is 38.9. The fourth-order valence-electron chi connectivity index (χ4n) is 5.08. The minimum atomic E-state index is -0.210. The van der Waals surface area contributed by atoms with Gasteiger partial charge < -0.3 is 25.2 Å². The molecule has 5 aromatic rings. The lowest BCUT2D eigenvalue weighted by atomic mass is 10.0. The van der Waals surface area contributed by atoms with Crippen LogP contribution in [0.1, 0.15) is 31.2 Å². The fourth-order valence-corrected chi connectivity index (χ4v) is 6.52. The number of nitrogens with zero attached hydrogens (tertiary/aromatic N) is 3. The maximum Gasteiger partial charge on any atom is 0.265 e. The minimum Gasteiger partial charge on any atom is -0.494 e. The molecule has 43 heavy (non-hydrogen) atoms. The van der Waals surface area contributed by atoms with E-state index in [1.165, 1.54) is 17.0 Å². The number of amides is 1. The van der Waals surface area contributed by atoms with Crippen molar-refractivity contribution in [2.75, 3.05) is 49.7 Å². The number of anilines is 2. The van der Waals surface area contributed by atoms with Crippen LogP contribution in [0.4, 0.5) is 17.1 Å². The zero-order valence-electron chi connectivity index (χ0n) is 23.8. The van der Waals surface area contributed by atoms with E-state index >= 15 is 0 Å². The molecule has 0 spiro atoms. The first-order valence-electron chi connectivity index (χ1n) is 13.9. The number of aromatic amines is 1. The third kappa shape index (κ3) is 6.36. The van der Waals surface area contributed by atoms with Gasteiger partial charge in [0.1, 0.15) is 0 Å². The lowest BCUT2D eigenvalue weighted by molar-refractivity contribution is 0.102. The normalized spacial score (nSPS) is 14.0. The van der Waals surface area contributed by atoms with E-state index in [-0.39, 0.29) is 17.6 Å². The quantitative estimate of drug-likeness (QED) is 0.104. The highest BCUT2D eigenvalue weighted by Crippen LogP contribution is 2.29. The highest BCUT2D eigenvalue weighted by molar-refractivity contribution is 8.00. The summed E-state index contributed by atoms with van der Waals surface area (Å²) >= 11 is 3.02. The predicted molar refractivity (Wildman–Crippen MR) is 177 cm³/mol. The van der Waals surface area contributed by atoms with Crippen LogP contribution in [0, 0.1) is 0 Å². The Bertz CT molecular complexity index is 1820. The fraction of sp³-hybridized carbons (Fsp3) is 0.182. The van der Waals surface area contributed by atoms with Crippen molar-refractivity contribution in [2.24, 2.45) is 4.99 Å². The first-order chi connectivity index (χ1) is 20.9. The van der Waals surface area contributed by atoms with Crippen LogP contribution in [0.5, 0.6) is 5.88 Å². The van der Waals surface area contributed by atoms with Gasteiger partial charge in [-0.3, -0.25) is 14.6 Å². The van der Waals surface area contributed by atoms with Crippen molar-refractivity contribution < 1.29 is 14.7 Å². The molecule has 2 aromatic heterocycles.